The summed E-state index contributed by atoms with van der Waals surface area (Å²) in [6.45, 7) is 14.5. The van der Waals surface area contributed by atoms with E-state index < -0.39 is 0 Å². The first-order chi connectivity index (χ1) is 6.97. The Bertz CT molecular complexity index is 182. The van der Waals surface area contributed by atoms with E-state index in [1.54, 1.807) is 0 Å². The van der Waals surface area contributed by atoms with E-state index in [9.17, 15) is 0 Å². The Hall–Kier alpha value is 0. The molecule has 0 heteroatoms. The van der Waals surface area contributed by atoms with Gasteiger partial charge in [-0.25, -0.2) is 0 Å². The van der Waals surface area contributed by atoms with Gasteiger partial charge >= 0.3 is 0 Å². The van der Waals surface area contributed by atoms with Crippen molar-refractivity contribution in [1.29, 1.82) is 0 Å². The van der Waals surface area contributed by atoms with Gasteiger partial charge in [-0.1, -0.05) is 48.0 Å². The van der Waals surface area contributed by atoms with E-state index in [0.29, 0.717) is 0 Å². The van der Waals surface area contributed by atoms with Crippen molar-refractivity contribution in [1.82, 2.24) is 0 Å². The van der Waals surface area contributed by atoms with Gasteiger partial charge in [-0.15, -0.1) is 0 Å². The van der Waals surface area contributed by atoms with Crippen molar-refractivity contribution >= 4 is 0 Å². The average Bonchev–Trinajstić information content (AvgIpc) is 2.21. The zero-order valence-electron chi connectivity index (χ0n) is 11.6. The molecule has 0 nitrogen and oxygen atoms in total. The topological polar surface area (TPSA) is 0 Å². The van der Waals surface area contributed by atoms with Crippen LogP contribution >= 0.6 is 0 Å². The van der Waals surface area contributed by atoms with Crippen molar-refractivity contribution in [2.75, 3.05) is 0 Å². The molecule has 0 aromatic rings. The molecule has 15 heavy (non-hydrogen) atoms. The van der Waals surface area contributed by atoms with Gasteiger partial charge in [0.25, 0.3) is 0 Å². The van der Waals surface area contributed by atoms with Gasteiger partial charge in [0.2, 0.25) is 0 Å². The lowest BCUT2D eigenvalue weighted by molar-refractivity contribution is 0.0168. The van der Waals surface area contributed by atoms with Crippen molar-refractivity contribution in [3.63, 3.8) is 0 Å². The van der Waals surface area contributed by atoms with Crippen LogP contribution in [0.4, 0.5) is 0 Å². The first kappa shape index (κ1) is 13.1. The molecule has 0 spiro atoms. The molecule has 5 atom stereocenters. The molecule has 0 radical (unpaired) electrons. The summed E-state index contributed by atoms with van der Waals surface area (Å²) in [5.74, 6) is 5.74. The second-order valence-electron chi connectivity index (χ2n) is 6.39. The molecule has 0 aliphatic heterocycles. The van der Waals surface area contributed by atoms with E-state index >= 15 is 0 Å². The van der Waals surface area contributed by atoms with Gasteiger partial charge in [0.1, 0.15) is 0 Å². The van der Waals surface area contributed by atoms with Gasteiger partial charge in [0.05, 0.1) is 0 Å². The summed E-state index contributed by atoms with van der Waals surface area (Å²) in [5.41, 5.74) is 0. The van der Waals surface area contributed by atoms with Crippen LogP contribution in [0.5, 0.6) is 0 Å². The molecule has 1 rings (SSSR count). The van der Waals surface area contributed by atoms with E-state index in [4.69, 9.17) is 0 Å². The van der Waals surface area contributed by atoms with E-state index in [0.717, 1.165) is 35.5 Å². The molecule has 5 unspecified atom stereocenters. The standard InChI is InChI=1S/C15H30/c1-7-11(4)8-14(10(2)3)15-9-12(5)13(15)6/h10-15H,7-9H2,1-6H3. The molecule has 0 N–H and O–H groups in total. The highest BCUT2D eigenvalue weighted by molar-refractivity contribution is 4.89. The van der Waals surface area contributed by atoms with E-state index in [1.807, 2.05) is 0 Å². The Labute approximate surface area is 96.8 Å². The maximum Gasteiger partial charge on any atom is -0.0352 e. The Morgan fingerprint density at radius 2 is 1.73 bits per heavy atom. The minimum Gasteiger partial charge on any atom is -0.0651 e. The van der Waals surface area contributed by atoms with Crippen LogP contribution in [-0.2, 0) is 0 Å². The van der Waals surface area contributed by atoms with Crippen molar-refractivity contribution in [2.45, 2.75) is 60.8 Å². The lowest BCUT2D eigenvalue weighted by atomic mass is 9.58. The van der Waals surface area contributed by atoms with Crippen molar-refractivity contribution in [3.05, 3.63) is 0 Å². The summed E-state index contributed by atoms with van der Waals surface area (Å²) in [5, 5.41) is 0. The molecular weight excluding hydrogens is 180 g/mol. The lowest BCUT2D eigenvalue weighted by Crippen LogP contribution is -2.40. The third-order valence-electron chi connectivity index (χ3n) is 4.99. The number of hydrogen-bond acceptors (Lipinski definition) is 0. The molecule has 1 saturated carbocycles. The molecular formula is C15H30. The third-order valence-corrected chi connectivity index (χ3v) is 4.99. The molecule has 0 saturated heterocycles. The fraction of sp³-hybridized carbons (Fsp3) is 1.00. The van der Waals surface area contributed by atoms with E-state index in [-0.39, 0.29) is 0 Å². The summed E-state index contributed by atoms with van der Waals surface area (Å²) in [7, 11) is 0. The molecule has 1 aliphatic rings. The fourth-order valence-corrected chi connectivity index (χ4v) is 3.22. The lowest BCUT2D eigenvalue weighted by Gasteiger charge is -2.47. The zero-order valence-corrected chi connectivity index (χ0v) is 11.6. The predicted octanol–water partition coefficient (Wildman–Crippen LogP) is 4.99. The molecule has 0 aromatic carbocycles. The van der Waals surface area contributed by atoms with Crippen molar-refractivity contribution in [2.24, 2.45) is 35.5 Å². The fourth-order valence-electron chi connectivity index (χ4n) is 3.22. The first-order valence-corrected chi connectivity index (χ1v) is 6.97. The molecule has 0 aromatic heterocycles. The van der Waals surface area contributed by atoms with Crippen LogP contribution in [0.25, 0.3) is 0 Å². The Balaban J connectivity index is 2.51. The Morgan fingerprint density at radius 3 is 2.07 bits per heavy atom. The van der Waals surface area contributed by atoms with Gasteiger partial charge in [-0.2, -0.15) is 0 Å². The van der Waals surface area contributed by atoms with Gasteiger partial charge in [0.15, 0.2) is 0 Å². The van der Waals surface area contributed by atoms with Crippen LogP contribution < -0.4 is 0 Å². The van der Waals surface area contributed by atoms with Gasteiger partial charge in [-0.05, 0) is 48.3 Å². The van der Waals surface area contributed by atoms with E-state index in [1.165, 1.54) is 19.3 Å². The third kappa shape index (κ3) is 2.98. The van der Waals surface area contributed by atoms with Gasteiger partial charge < -0.3 is 0 Å². The monoisotopic (exact) mass is 210 g/mol. The van der Waals surface area contributed by atoms with Crippen LogP contribution in [0.3, 0.4) is 0 Å². The Morgan fingerprint density at radius 1 is 1.13 bits per heavy atom. The van der Waals surface area contributed by atoms with Crippen molar-refractivity contribution in [3.8, 4) is 0 Å². The van der Waals surface area contributed by atoms with Crippen LogP contribution in [0, 0.1) is 35.5 Å². The summed E-state index contributed by atoms with van der Waals surface area (Å²) in [6.07, 6.45) is 4.29. The highest BCUT2D eigenvalue weighted by Gasteiger charge is 2.40. The van der Waals surface area contributed by atoms with Crippen LogP contribution in [-0.4, -0.2) is 0 Å². The largest absolute Gasteiger partial charge is 0.0651 e. The van der Waals surface area contributed by atoms with Gasteiger partial charge in [0, 0.05) is 0 Å². The van der Waals surface area contributed by atoms with Gasteiger partial charge in [-0.3, -0.25) is 0 Å². The molecule has 0 bridgehead atoms. The summed E-state index contributed by atoms with van der Waals surface area (Å²) >= 11 is 0. The van der Waals surface area contributed by atoms with Crippen LogP contribution in [0.2, 0.25) is 0 Å². The first-order valence-electron chi connectivity index (χ1n) is 6.97. The molecule has 0 heterocycles. The maximum atomic E-state index is 2.46. The normalized spacial score (nSPS) is 35.0. The average molecular weight is 210 g/mol. The van der Waals surface area contributed by atoms with Crippen molar-refractivity contribution < 1.29 is 0 Å². The minimum absolute atomic E-state index is 0.874. The predicted molar refractivity (Wildman–Crippen MR) is 68.8 cm³/mol. The quantitative estimate of drug-likeness (QED) is 0.600. The van der Waals surface area contributed by atoms with E-state index in [2.05, 4.69) is 41.5 Å². The second-order valence-corrected chi connectivity index (χ2v) is 6.39. The number of hydrogen-bond donors (Lipinski definition) is 0. The summed E-state index contributed by atoms with van der Waals surface area (Å²) in [6, 6.07) is 0. The minimum atomic E-state index is 0.874. The highest BCUT2D eigenvalue weighted by Crippen LogP contribution is 2.48. The maximum absolute atomic E-state index is 2.46. The molecule has 90 valence electrons. The SMILES string of the molecule is CCC(C)CC(C(C)C)C1CC(C)C1C. The highest BCUT2D eigenvalue weighted by atomic mass is 14.5. The zero-order chi connectivity index (χ0) is 11.6. The smallest absolute Gasteiger partial charge is 0.0352 e. The molecule has 0 amide bonds. The molecule has 1 fully saturated rings. The van der Waals surface area contributed by atoms with Crippen LogP contribution in [0.15, 0.2) is 0 Å². The Kier molecular flexibility index (Phi) is 4.67. The summed E-state index contributed by atoms with van der Waals surface area (Å²) < 4.78 is 0. The summed E-state index contributed by atoms with van der Waals surface area (Å²) in [4.78, 5) is 0. The number of rotatable bonds is 5. The van der Waals surface area contributed by atoms with Crippen LogP contribution in [0.1, 0.15) is 60.8 Å². The molecule has 1 aliphatic carbocycles. The second kappa shape index (κ2) is 5.37.